The zero-order chi connectivity index (χ0) is 24.8. The zero-order valence-electron chi connectivity index (χ0n) is 18.6. The molecule has 11 heteroatoms. The van der Waals surface area contributed by atoms with E-state index in [-0.39, 0.29) is 55.3 Å². The molecule has 1 saturated carbocycles. The predicted octanol–water partition coefficient (Wildman–Crippen LogP) is 4.61. The van der Waals surface area contributed by atoms with Gasteiger partial charge in [-0.3, -0.25) is 0 Å². The Kier molecular flexibility index (Phi) is 6.39. The maximum Gasteiger partial charge on any atom is 0.380 e. The molecular formula is C24H24ClF2NO6S. The van der Waals surface area contributed by atoms with Gasteiger partial charge in [-0.15, -0.1) is 0 Å². The molecule has 0 unspecified atom stereocenters. The Balaban J connectivity index is 1.54. The Bertz CT molecular complexity index is 1240. The maximum atomic E-state index is 15.3. The molecule has 2 heterocycles. The summed E-state index contributed by atoms with van der Waals surface area (Å²) in [6, 6.07) is 7.45. The van der Waals surface area contributed by atoms with Crippen molar-refractivity contribution in [3.8, 4) is 5.75 Å². The second-order valence-electron chi connectivity index (χ2n) is 8.90. The predicted molar refractivity (Wildman–Crippen MR) is 122 cm³/mol. The number of nitrogens with one attached hydrogen (secondary N) is 1. The summed E-state index contributed by atoms with van der Waals surface area (Å²) in [6.07, 6.45) is 0.864. The third kappa shape index (κ3) is 4.25. The topological polar surface area (TPSA) is 94.9 Å². The Morgan fingerprint density at radius 1 is 1.14 bits per heavy atom. The minimum Gasteiger partial charge on any atom is -0.490 e. The highest BCUT2D eigenvalue weighted by atomic mass is 35.5. The molecule has 0 aromatic heterocycles. The molecule has 2 fully saturated rings. The van der Waals surface area contributed by atoms with E-state index in [0.717, 1.165) is 25.0 Å². The van der Waals surface area contributed by atoms with Crippen molar-refractivity contribution in [3.63, 3.8) is 0 Å². The molecule has 1 N–H and O–H groups in total. The first kappa shape index (κ1) is 24.3. The van der Waals surface area contributed by atoms with Crippen molar-refractivity contribution >= 4 is 27.5 Å². The van der Waals surface area contributed by atoms with Crippen molar-refractivity contribution in [3.05, 3.63) is 58.6 Å². The second kappa shape index (κ2) is 9.22. The first-order valence-electron chi connectivity index (χ1n) is 11.3. The molecule has 1 aliphatic carbocycles. The van der Waals surface area contributed by atoms with Gasteiger partial charge in [-0.1, -0.05) is 11.6 Å². The largest absolute Gasteiger partial charge is 0.490 e. The summed E-state index contributed by atoms with van der Waals surface area (Å²) in [5.41, 5.74) is -0.317. The fourth-order valence-electron chi connectivity index (χ4n) is 4.97. The summed E-state index contributed by atoms with van der Waals surface area (Å²) >= 11 is 5.97. The van der Waals surface area contributed by atoms with Gasteiger partial charge in [0.25, 0.3) is 0 Å². The van der Waals surface area contributed by atoms with Gasteiger partial charge in [-0.2, -0.15) is 0 Å². The van der Waals surface area contributed by atoms with Crippen LogP contribution in [0.3, 0.4) is 0 Å². The summed E-state index contributed by atoms with van der Waals surface area (Å²) in [7, 11) is -4.27. The van der Waals surface area contributed by atoms with Crippen LogP contribution in [-0.4, -0.2) is 46.5 Å². The van der Waals surface area contributed by atoms with Crippen molar-refractivity contribution in [2.75, 3.05) is 19.8 Å². The molecule has 2 aromatic rings. The van der Waals surface area contributed by atoms with Crippen LogP contribution < -0.4 is 4.74 Å². The Morgan fingerprint density at radius 2 is 1.86 bits per heavy atom. The zero-order valence-corrected chi connectivity index (χ0v) is 20.2. The highest BCUT2D eigenvalue weighted by Gasteiger charge is 2.61. The van der Waals surface area contributed by atoms with Crippen LogP contribution in [0.4, 0.5) is 8.78 Å². The third-order valence-electron chi connectivity index (χ3n) is 6.78. The molecule has 3 atom stereocenters. The van der Waals surface area contributed by atoms with Gasteiger partial charge in [-0.25, -0.2) is 22.6 Å². The van der Waals surface area contributed by atoms with Crippen molar-refractivity contribution in [1.82, 2.24) is 0 Å². The minimum atomic E-state index is -4.27. The van der Waals surface area contributed by atoms with Crippen molar-refractivity contribution in [2.24, 2.45) is 5.92 Å². The van der Waals surface area contributed by atoms with Crippen molar-refractivity contribution in [2.45, 2.75) is 47.5 Å². The number of halogens is 3. The summed E-state index contributed by atoms with van der Waals surface area (Å²) in [6.45, 7) is -0.164. The SMILES string of the molecule is N=C(OCC[C@H]1OCC[C@]2(S(=O)(=O)c3ccc(Cl)cc3)c3c(F)ccc(F)c3OC[C@H]12)OC1CC1. The quantitative estimate of drug-likeness (QED) is 0.435. The van der Waals surface area contributed by atoms with E-state index in [4.69, 9.17) is 36.0 Å². The van der Waals surface area contributed by atoms with Crippen LogP contribution in [0.2, 0.25) is 5.02 Å². The van der Waals surface area contributed by atoms with Crippen LogP contribution in [0.15, 0.2) is 41.3 Å². The summed E-state index contributed by atoms with van der Waals surface area (Å²) < 4.78 is 78.8. The van der Waals surface area contributed by atoms with Crippen LogP contribution in [0.1, 0.15) is 31.2 Å². The summed E-state index contributed by atoms with van der Waals surface area (Å²) in [5, 5.41) is 8.11. The number of rotatable bonds is 6. The summed E-state index contributed by atoms with van der Waals surface area (Å²) in [5.74, 6) is -2.94. The van der Waals surface area contributed by atoms with Gasteiger partial charge in [-0.05, 0) is 55.7 Å². The Morgan fingerprint density at radius 3 is 2.57 bits per heavy atom. The van der Waals surface area contributed by atoms with Crippen molar-refractivity contribution in [1.29, 1.82) is 5.41 Å². The molecule has 2 aromatic carbocycles. The molecule has 0 bridgehead atoms. The van der Waals surface area contributed by atoms with Crippen molar-refractivity contribution < 1.29 is 36.1 Å². The van der Waals surface area contributed by atoms with Crippen LogP contribution in [0, 0.1) is 23.0 Å². The van der Waals surface area contributed by atoms with E-state index in [1.165, 1.54) is 24.3 Å². The lowest BCUT2D eigenvalue weighted by atomic mass is 9.75. The van der Waals surface area contributed by atoms with E-state index in [9.17, 15) is 12.8 Å². The van der Waals surface area contributed by atoms with Crippen LogP contribution >= 0.6 is 11.6 Å². The first-order chi connectivity index (χ1) is 16.7. The van der Waals surface area contributed by atoms with E-state index in [2.05, 4.69) is 0 Å². The maximum absolute atomic E-state index is 15.3. The standard InChI is InChI=1S/C24H24ClF2NO6S/c25-14-1-5-16(6-2-14)35(29,30)24-10-12-31-20(9-11-32-23(28)34-15-3-4-15)17(24)13-33-22-19(27)8-7-18(26)21(22)24/h1-2,5-8,15,17,20,28H,3-4,9-13H2/t17-,20-,24-/m1/s1. The number of fused-ring (bicyclic) bond motifs is 3. The highest BCUT2D eigenvalue weighted by molar-refractivity contribution is 7.92. The molecule has 188 valence electrons. The van der Waals surface area contributed by atoms with Gasteiger partial charge in [0.05, 0.1) is 29.8 Å². The molecule has 2 aliphatic heterocycles. The summed E-state index contributed by atoms with van der Waals surface area (Å²) in [4.78, 5) is -0.0556. The number of hydrogen-bond donors (Lipinski definition) is 1. The molecule has 0 radical (unpaired) electrons. The molecule has 0 spiro atoms. The van der Waals surface area contributed by atoms with Crippen LogP contribution in [0.25, 0.3) is 0 Å². The molecule has 35 heavy (non-hydrogen) atoms. The molecule has 7 nitrogen and oxygen atoms in total. The lowest BCUT2D eigenvalue weighted by molar-refractivity contribution is -0.0811. The molecule has 3 aliphatic rings. The van der Waals surface area contributed by atoms with Gasteiger partial charge < -0.3 is 18.9 Å². The van der Waals surface area contributed by atoms with E-state index in [0.29, 0.717) is 5.02 Å². The molecular weight excluding hydrogens is 504 g/mol. The highest BCUT2D eigenvalue weighted by Crippen LogP contribution is 2.55. The number of hydrogen-bond acceptors (Lipinski definition) is 7. The number of benzene rings is 2. The monoisotopic (exact) mass is 527 g/mol. The molecule has 1 saturated heterocycles. The second-order valence-corrected chi connectivity index (χ2v) is 11.5. The van der Waals surface area contributed by atoms with Gasteiger partial charge in [0.2, 0.25) is 0 Å². The van der Waals surface area contributed by atoms with Crippen LogP contribution in [0.5, 0.6) is 5.75 Å². The fraction of sp³-hybridized carbons (Fsp3) is 0.458. The lowest BCUT2D eigenvalue weighted by Gasteiger charge is -2.50. The van der Waals surface area contributed by atoms with Gasteiger partial charge >= 0.3 is 6.08 Å². The molecule has 5 rings (SSSR count). The fourth-order valence-corrected chi connectivity index (χ4v) is 7.44. The minimum absolute atomic E-state index is 0.000595. The van der Waals surface area contributed by atoms with E-state index < -0.39 is 44.0 Å². The third-order valence-corrected chi connectivity index (χ3v) is 9.59. The Labute approximate surface area is 206 Å². The molecule has 0 amide bonds. The number of sulfone groups is 1. The Hall–Kier alpha value is -2.43. The van der Waals surface area contributed by atoms with E-state index in [1.807, 2.05) is 0 Å². The normalized spacial score (nSPS) is 25.7. The first-order valence-corrected chi connectivity index (χ1v) is 13.2. The van der Waals surface area contributed by atoms with E-state index >= 15 is 4.39 Å². The number of ether oxygens (including phenoxy) is 4. The smallest absolute Gasteiger partial charge is 0.380 e. The van der Waals surface area contributed by atoms with Gasteiger partial charge in [0, 0.05) is 24.0 Å². The average molecular weight is 528 g/mol. The van der Waals surface area contributed by atoms with Gasteiger partial charge in [0.1, 0.15) is 16.7 Å². The lowest BCUT2D eigenvalue weighted by Crippen LogP contribution is -2.57. The van der Waals surface area contributed by atoms with Gasteiger partial charge in [0.15, 0.2) is 21.4 Å². The van der Waals surface area contributed by atoms with Crippen LogP contribution in [-0.2, 0) is 28.8 Å². The van der Waals surface area contributed by atoms with E-state index in [1.54, 1.807) is 0 Å². The average Bonchev–Trinajstić information content (AvgIpc) is 3.65.